The van der Waals surface area contributed by atoms with E-state index in [4.69, 9.17) is 5.11 Å². The Balaban J connectivity index is 2.40. The maximum absolute atomic E-state index is 12.1. The summed E-state index contributed by atoms with van der Waals surface area (Å²) in [6, 6.07) is 2.46. The zero-order valence-corrected chi connectivity index (χ0v) is 11.0. The lowest BCUT2D eigenvalue weighted by atomic mass is 10.4. The number of aromatic amines is 1. The molecule has 0 bridgehead atoms. The summed E-state index contributed by atoms with van der Waals surface area (Å²) < 4.78 is 27.4. The van der Waals surface area contributed by atoms with Crippen LogP contribution >= 0.6 is 0 Å². The van der Waals surface area contributed by atoms with Crippen LogP contribution < -0.4 is 10.3 Å². The van der Waals surface area contributed by atoms with Crippen LogP contribution in [0.15, 0.2) is 34.3 Å². The molecule has 2 rings (SSSR count). The van der Waals surface area contributed by atoms with Crippen molar-refractivity contribution >= 4 is 21.7 Å². The second-order valence-corrected chi connectivity index (χ2v) is 5.51. The van der Waals surface area contributed by atoms with Crippen LogP contribution in [-0.2, 0) is 17.1 Å². The molecular weight excluding hydrogens is 288 g/mol. The minimum absolute atomic E-state index is 0.123. The van der Waals surface area contributed by atoms with Crippen molar-refractivity contribution < 1.29 is 18.3 Å². The maximum Gasteiger partial charge on any atom is 0.340 e. The van der Waals surface area contributed by atoms with Gasteiger partial charge in [-0.2, -0.15) is 13.5 Å². The molecule has 0 unspecified atom stereocenters. The zero-order valence-electron chi connectivity index (χ0n) is 10.2. The fraction of sp³-hybridized carbons (Fsp3) is 0.100. The minimum Gasteiger partial charge on any atom is -0.478 e. The topological polar surface area (TPSA) is 134 Å². The van der Waals surface area contributed by atoms with E-state index in [1.54, 1.807) is 0 Å². The molecule has 0 spiro atoms. The van der Waals surface area contributed by atoms with E-state index in [0.29, 0.717) is 0 Å². The average Bonchev–Trinajstić information content (AvgIpc) is 2.83. The van der Waals surface area contributed by atoms with Gasteiger partial charge in [-0.05, 0) is 6.07 Å². The Kier molecular flexibility index (Phi) is 3.32. The molecule has 0 saturated heterocycles. The number of H-pyrrole nitrogens is 1. The Hall–Kier alpha value is -2.62. The number of nitrogens with zero attached hydrogens (tertiary/aromatic N) is 2. The first kappa shape index (κ1) is 13.8. The minimum atomic E-state index is -4.14. The Morgan fingerprint density at radius 1 is 1.45 bits per heavy atom. The molecule has 0 aliphatic carbocycles. The molecule has 0 aliphatic rings. The predicted molar refractivity (Wildman–Crippen MR) is 68.0 cm³/mol. The number of carboxylic acids is 1. The van der Waals surface area contributed by atoms with E-state index in [1.165, 1.54) is 29.9 Å². The molecule has 0 radical (unpaired) electrons. The molecule has 2 aromatic rings. The van der Waals surface area contributed by atoms with Crippen molar-refractivity contribution in [3.63, 3.8) is 0 Å². The standard InChI is InChI=1S/C10H10N4O5S/c1-14-5-6(2-3-8(14)15)13-20(18,19)9-7(10(16)17)4-11-12-9/h2-5,13H,1H3,(H,11,12)(H,16,17). The second kappa shape index (κ2) is 4.81. The molecule has 10 heteroatoms. The lowest BCUT2D eigenvalue weighted by molar-refractivity contribution is 0.0692. The summed E-state index contributed by atoms with van der Waals surface area (Å²) in [7, 11) is -2.68. The first-order valence-electron chi connectivity index (χ1n) is 5.27. The Morgan fingerprint density at radius 2 is 2.15 bits per heavy atom. The number of hydrogen-bond acceptors (Lipinski definition) is 5. The molecule has 0 amide bonds. The molecule has 0 saturated carbocycles. The van der Waals surface area contributed by atoms with Gasteiger partial charge in [0.1, 0.15) is 5.56 Å². The SMILES string of the molecule is Cn1cc(NS(=O)(=O)c2[nH]ncc2C(=O)O)ccc1=O. The van der Waals surface area contributed by atoms with Gasteiger partial charge in [-0.1, -0.05) is 0 Å². The van der Waals surface area contributed by atoms with Gasteiger partial charge in [0.2, 0.25) is 5.56 Å². The summed E-state index contributed by atoms with van der Waals surface area (Å²) in [4.78, 5) is 22.1. The van der Waals surface area contributed by atoms with Crippen molar-refractivity contribution in [2.45, 2.75) is 5.03 Å². The zero-order chi connectivity index (χ0) is 14.9. The van der Waals surface area contributed by atoms with Gasteiger partial charge in [-0.3, -0.25) is 14.6 Å². The first-order chi connectivity index (χ1) is 9.31. The van der Waals surface area contributed by atoms with Crippen molar-refractivity contribution in [3.8, 4) is 0 Å². The van der Waals surface area contributed by atoms with Gasteiger partial charge in [-0.25, -0.2) is 4.79 Å². The van der Waals surface area contributed by atoms with E-state index in [1.807, 2.05) is 0 Å². The number of nitrogens with one attached hydrogen (secondary N) is 2. The van der Waals surface area contributed by atoms with E-state index < -0.39 is 26.6 Å². The third-order valence-corrected chi connectivity index (χ3v) is 3.79. The van der Waals surface area contributed by atoms with Crippen LogP contribution in [-0.4, -0.2) is 34.3 Å². The first-order valence-corrected chi connectivity index (χ1v) is 6.76. The van der Waals surface area contributed by atoms with E-state index in [2.05, 4.69) is 14.9 Å². The van der Waals surface area contributed by atoms with Crippen LogP contribution in [0.1, 0.15) is 10.4 Å². The van der Waals surface area contributed by atoms with Gasteiger partial charge in [0.25, 0.3) is 10.0 Å². The monoisotopic (exact) mass is 298 g/mol. The van der Waals surface area contributed by atoms with Crippen LogP contribution in [0, 0.1) is 0 Å². The summed E-state index contributed by atoms with van der Waals surface area (Å²) in [5.41, 5.74) is -0.652. The number of sulfonamides is 1. The summed E-state index contributed by atoms with van der Waals surface area (Å²) in [6.07, 6.45) is 2.17. The second-order valence-electron chi connectivity index (χ2n) is 3.89. The van der Waals surface area contributed by atoms with Crippen LogP contribution in [0.4, 0.5) is 5.69 Å². The van der Waals surface area contributed by atoms with Crippen molar-refractivity contribution in [2.24, 2.45) is 7.05 Å². The predicted octanol–water partition coefficient (Wildman–Crippen LogP) is -0.393. The van der Waals surface area contributed by atoms with Crippen molar-refractivity contribution in [1.82, 2.24) is 14.8 Å². The van der Waals surface area contributed by atoms with Gasteiger partial charge in [-0.15, -0.1) is 0 Å². The van der Waals surface area contributed by atoms with E-state index in [9.17, 15) is 18.0 Å². The van der Waals surface area contributed by atoms with Gasteiger partial charge < -0.3 is 9.67 Å². The third kappa shape index (κ3) is 2.54. The highest BCUT2D eigenvalue weighted by Crippen LogP contribution is 2.16. The lowest BCUT2D eigenvalue weighted by Gasteiger charge is -2.08. The molecule has 0 fully saturated rings. The van der Waals surface area contributed by atoms with E-state index in [0.717, 1.165) is 6.20 Å². The molecule has 9 nitrogen and oxygen atoms in total. The summed E-state index contributed by atoms with van der Waals surface area (Å²) >= 11 is 0. The van der Waals surface area contributed by atoms with Gasteiger partial charge in [0, 0.05) is 19.3 Å². The third-order valence-electron chi connectivity index (χ3n) is 2.44. The van der Waals surface area contributed by atoms with Crippen LogP contribution in [0.3, 0.4) is 0 Å². The molecule has 20 heavy (non-hydrogen) atoms. The molecule has 0 aromatic carbocycles. The molecule has 0 atom stereocenters. The molecule has 0 aliphatic heterocycles. The summed E-state index contributed by atoms with van der Waals surface area (Å²) in [5, 5.41) is 13.8. The van der Waals surface area contributed by atoms with Gasteiger partial charge >= 0.3 is 5.97 Å². The quantitative estimate of drug-likeness (QED) is 0.703. The average molecular weight is 298 g/mol. The molecule has 106 valence electrons. The summed E-state index contributed by atoms with van der Waals surface area (Å²) in [6.45, 7) is 0. The number of aromatic carboxylic acids is 1. The molecule has 2 heterocycles. The largest absolute Gasteiger partial charge is 0.478 e. The number of carbonyl (C=O) groups is 1. The van der Waals surface area contributed by atoms with Crippen LogP contribution in [0.2, 0.25) is 0 Å². The highest BCUT2D eigenvalue weighted by atomic mass is 32.2. The van der Waals surface area contributed by atoms with Gasteiger partial charge in [0.15, 0.2) is 5.03 Å². The molecular formula is C10H10N4O5S. The van der Waals surface area contributed by atoms with E-state index in [-0.39, 0.29) is 11.2 Å². The van der Waals surface area contributed by atoms with Crippen molar-refractivity contribution in [1.29, 1.82) is 0 Å². The highest BCUT2D eigenvalue weighted by Gasteiger charge is 2.24. The number of aromatic nitrogens is 3. The Labute approximate surface area is 112 Å². The number of hydrogen-bond donors (Lipinski definition) is 3. The fourth-order valence-electron chi connectivity index (χ4n) is 1.49. The molecule has 3 N–H and O–H groups in total. The Bertz CT molecular complexity index is 820. The lowest BCUT2D eigenvalue weighted by Crippen LogP contribution is -2.20. The molecule has 2 aromatic heterocycles. The highest BCUT2D eigenvalue weighted by molar-refractivity contribution is 7.92. The van der Waals surface area contributed by atoms with Gasteiger partial charge in [0.05, 0.1) is 11.9 Å². The number of pyridine rings is 1. The number of aryl methyl sites for hydroxylation is 1. The Morgan fingerprint density at radius 3 is 2.75 bits per heavy atom. The van der Waals surface area contributed by atoms with Crippen molar-refractivity contribution in [2.75, 3.05) is 4.72 Å². The maximum atomic E-state index is 12.1. The fourth-order valence-corrected chi connectivity index (χ4v) is 2.63. The number of rotatable bonds is 4. The normalized spacial score (nSPS) is 11.2. The number of anilines is 1. The van der Waals surface area contributed by atoms with Crippen molar-refractivity contribution in [3.05, 3.63) is 40.4 Å². The number of carboxylic acid groups (broad SMARTS) is 1. The van der Waals surface area contributed by atoms with Crippen LogP contribution in [0.5, 0.6) is 0 Å². The summed E-state index contributed by atoms with van der Waals surface area (Å²) in [5.74, 6) is -1.42. The van der Waals surface area contributed by atoms with E-state index >= 15 is 0 Å². The van der Waals surface area contributed by atoms with Crippen LogP contribution in [0.25, 0.3) is 0 Å². The smallest absolute Gasteiger partial charge is 0.340 e.